The van der Waals surface area contributed by atoms with Crippen molar-refractivity contribution in [1.29, 1.82) is 0 Å². The lowest BCUT2D eigenvalue weighted by Gasteiger charge is -2.34. The van der Waals surface area contributed by atoms with E-state index in [9.17, 15) is 39.6 Å². The van der Waals surface area contributed by atoms with E-state index in [-0.39, 0.29) is 29.5 Å². The predicted octanol–water partition coefficient (Wildman–Crippen LogP) is 4.89. The van der Waals surface area contributed by atoms with Gasteiger partial charge in [0.25, 0.3) is 5.91 Å². The van der Waals surface area contributed by atoms with E-state index in [0.717, 1.165) is 18.1 Å². The zero-order chi connectivity index (χ0) is 37.0. The molecule has 4 N–H and O–H groups in total. The molecular formula is C28H29F6N7O7S2. The number of carboxylic acids is 1. The number of rotatable bonds is 9. The topological polar surface area (TPSA) is 189 Å². The van der Waals surface area contributed by atoms with Crippen molar-refractivity contribution in [2.45, 2.75) is 45.0 Å². The van der Waals surface area contributed by atoms with Crippen LogP contribution in [-0.4, -0.2) is 101 Å². The zero-order valence-electron chi connectivity index (χ0n) is 26.2. The molecule has 4 heterocycles. The maximum Gasteiger partial charge on any atom is 0.490 e. The van der Waals surface area contributed by atoms with E-state index in [4.69, 9.17) is 19.4 Å². The van der Waals surface area contributed by atoms with Gasteiger partial charge in [-0.05, 0) is 37.6 Å². The molecule has 3 aromatic heterocycles. The lowest BCUT2D eigenvalue weighted by Crippen LogP contribution is -2.44. The number of carbonyl (C=O) groups excluding carboxylic acids is 1. The number of aliphatic carboxylic acids is 1. The summed E-state index contributed by atoms with van der Waals surface area (Å²) in [5.41, 5.74) is 1.68. The average molecular weight is 754 g/mol. The number of carbonyl (C=O) groups is 2. The fraction of sp³-hybridized carbons (Fsp3) is 0.393. The summed E-state index contributed by atoms with van der Waals surface area (Å²) in [6.07, 6.45) is -6.92. The highest BCUT2D eigenvalue weighted by Gasteiger charge is 2.38. The van der Waals surface area contributed by atoms with E-state index in [1.165, 1.54) is 36.9 Å². The summed E-state index contributed by atoms with van der Waals surface area (Å²) in [7, 11) is -3.59. The first-order valence-electron chi connectivity index (χ1n) is 14.3. The molecule has 1 amide bonds. The van der Waals surface area contributed by atoms with E-state index in [2.05, 4.69) is 30.4 Å². The molecular weight excluding hydrogens is 724 g/mol. The maximum atomic E-state index is 13.2. The number of carboxylic acid groups (broad SMARTS) is 1. The van der Waals surface area contributed by atoms with Crippen molar-refractivity contribution in [3.8, 4) is 17.0 Å². The summed E-state index contributed by atoms with van der Waals surface area (Å²) in [5.74, 6) is -5.50. The molecule has 50 heavy (non-hydrogen) atoms. The molecule has 0 unspecified atom stereocenters. The molecule has 0 aliphatic carbocycles. The van der Waals surface area contributed by atoms with E-state index < -0.39 is 40.0 Å². The van der Waals surface area contributed by atoms with Gasteiger partial charge < -0.3 is 19.9 Å². The van der Waals surface area contributed by atoms with Crippen LogP contribution in [0.4, 0.5) is 37.7 Å². The fourth-order valence-corrected chi connectivity index (χ4v) is 6.67. The van der Waals surface area contributed by atoms with Crippen molar-refractivity contribution < 1.29 is 58.9 Å². The molecule has 0 bridgehead atoms. The van der Waals surface area contributed by atoms with Gasteiger partial charge in [0.2, 0.25) is 15.9 Å². The second-order valence-corrected chi connectivity index (χ2v) is 13.6. The Balaban J connectivity index is 0.000000727. The number of morpholine rings is 1. The van der Waals surface area contributed by atoms with Crippen molar-refractivity contribution in [2.75, 3.05) is 36.0 Å². The number of alkyl halides is 6. The van der Waals surface area contributed by atoms with Gasteiger partial charge in [-0.25, -0.2) is 23.2 Å². The summed E-state index contributed by atoms with van der Waals surface area (Å²) >= 11 is 1.38. The van der Waals surface area contributed by atoms with E-state index in [0.29, 0.717) is 34.3 Å². The molecule has 1 aliphatic rings. The zero-order valence-corrected chi connectivity index (χ0v) is 27.9. The SMILES string of the molecule is COc1ncc(-c2cc(NC(=O)c3csc(CN4C[C@@H](C)O[C@@H](C)C4)n3)c3cn[nH]c3c2)cc1NS(=O)(=O)CC(F)(F)F.O=C(O)C(F)(F)F. The molecule has 5 rings (SSSR count). The maximum absolute atomic E-state index is 13.2. The standard InChI is InChI=1S/C26H28F3N7O5S2.C2HF3O2/c1-14-9-36(10-15(2)41-14)11-23-32-22(12-42-23)24(37)33-19-4-16(5-20-18(19)8-31-34-20)17-6-21(25(40-3)30-7-17)35-43(38,39)13-26(27,28)29;3-2(4,5)1(6)7/h4-8,12,14-15,35H,9-11,13H2,1-3H3,(H,31,34)(H,33,37);(H,6,7)/t14-,15+;. The molecule has 1 aromatic carbocycles. The van der Waals surface area contributed by atoms with Gasteiger partial charge in [0.1, 0.15) is 16.4 Å². The number of thiazole rings is 1. The number of hydrogen-bond donors (Lipinski definition) is 4. The summed E-state index contributed by atoms with van der Waals surface area (Å²) in [6.45, 7) is 6.16. The monoisotopic (exact) mass is 753 g/mol. The molecule has 1 saturated heterocycles. The molecule has 2 atom stereocenters. The number of methoxy groups -OCH3 is 1. The predicted molar refractivity (Wildman–Crippen MR) is 168 cm³/mol. The van der Waals surface area contributed by atoms with Gasteiger partial charge in [0, 0.05) is 35.6 Å². The highest BCUT2D eigenvalue weighted by molar-refractivity contribution is 7.92. The minimum absolute atomic E-state index is 0.105. The van der Waals surface area contributed by atoms with Gasteiger partial charge in [-0.1, -0.05) is 0 Å². The van der Waals surface area contributed by atoms with Crippen LogP contribution in [0.15, 0.2) is 36.0 Å². The van der Waals surface area contributed by atoms with Gasteiger partial charge in [0.05, 0.1) is 43.3 Å². The van der Waals surface area contributed by atoms with Crippen LogP contribution in [0.2, 0.25) is 0 Å². The Bertz CT molecular complexity index is 1940. The number of sulfonamides is 1. The molecule has 1 aliphatic heterocycles. The highest BCUT2D eigenvalue weighted by atomic mass is 32.2. The Morgan fingerprint density at radius 1 is 1.08 bits per heavy atom. The van der Waals surface area contributed by atoms with Crippen LogP contribution in [0, 0.1) is 0 Å². The van der Waals surface area contributed by atoms with Crippen molar-refractivity contribution >= 4 is 55.5 Å². The first-order chi connectivity index (χ1) is 23.2. The van der Waals surface area contributed by atoms with Crippen molar-refractivity contribution in [2.24, 2.45) is 0 Å². The summed E-state index contributed by atoms with van der Waals surface area (Å²) in [5, 5.41) is 19.9. The molecule has 0 saturated carbocycles. The second kappa shape index (κ2) is 15.1. The van der Waals surface area contributed by atoms with Gasteiger partial charge in [-0.3, -0.25) is 19.5 Å². The quantitative estimate of drug-likeness (QED) is 0.171. The lowest BCUT2D eigenvalue weighted by atomic mass is 10.0. The summed E-state index contributed by atoms with van der Waals surface area (Å²) in [6, 6.07) is 4.60. The number of halogens is 6. The third kappa shape index (κ3) is 10.5. The van der Waals surface area contributed by atoms with Crippen LogP contribution in [0.25, 0.3) is 22.0 Å². The highest BCUT2D eigenvalue weighted by Crippen LogP contribution is 2.34. The van der Waals surface area contributed by atoms with Crippen LogP contribution in [-0.2, 0) is 26.1 Å². The third-order valence-electron chi connectivity index (χ3n) is 6.68. The van der Waals surface area contributed by atoms with E-state index in [1.807, 2.05) is 18.6 Å². The molecule has 1 fully saturated rings. The number of pyridine rings is 1. The number of aromatic amines is 1. The number of nitrogens with zero attached hydrogens (tertiary/aromatic N) is 4. The Morgan fingerprint density at radius 3 is 2.32 bits per heavy atom. The fourth-order valence-electron chi connectivity index (χ4n) is 4.87. The average Bonchev–Trinajstić information content (AvgIpc) is 3.65. The largest absolute Gasteiger partial charge is 0.490 e. The first-order valence-corrected chi connectivity index (χ1v) is 16.8. The van der Waals surface area contributed by atoms with E-state index in [1.54, 1.807) is 17.5 Å². The number of hydrogen-bond acceptors (Lipinski definition) is 11. The summed E-state index contributed by atoms with van der Waals surface area (Å²) in [4.78, 5) is 32.9. The number of aromatic nitrogens is 4. The van der Waals surface area contributed by atoms with Crippen LogP contribution >= 0.6 is 11.3 Å². The smallest absolute Gasteiger partial charge is 0.480 e. The lowest BCUT2D eigenvalue weighted by molar-refractivity contribution is -0.192. The van der Waals surface area contributed by atoms with Crippen LogP contribution in [0.3, 0.4) is 0 Å². The minimum Gasteiger partial charge on any atom is -0.480 e. The molecule has 0 spiro atoms. The molecule has 22 heteroatoms. The minimum atomic E-state index is -5.08. The van der Waals surface area contributed by atoms with Crippen LogP contribution in [0.5, 0.6) is 5.88 Å². The molecule has 272 valence electrons. The first kappa shape index (κ1) is 38.3. The normalized spacial score (nSPS) is 17.1. The summed E-state index contributed by atoms with van der Waals surface area (Å²) < 4.78 is 107. The second-order valence-electron chi connectivity index (χ2n) is 10.9. The van der Waals surface area contributed by atoms with Crippen molar-refractivity contribution in [1.82, 2.24) is 25.1 Å². The van der Waals surface area contributed by atoms with Gasteiger partial charge in [-0.2, -0.15) is 31.4 Å². The van der Waals surface area contributed by atoms with Gasteiger partial charge in [-0.15, -0.1) is 11.3 Å². The van der Waals surface area contributed by atoms with Crippen molar-refractivity contribution in [3.05, 3.63) is 46.7 Å². The number of ether oxygens (including phenoxy) is 2. The number of anilines is 2. The van der Waals surface area contributed by atoms with Crippen molar-refractivity contribution in [3.63, 3.8) is 0 Å². The van der Waals surface area contributed by atoms with Gasteiger partial charge in [0.15, 0.2) is 5.75 Å². The number of nitrogens with one attached hydrogen (secondary N) is 3. The molecule has 14 nitrogen and oxygen atoms in total. The Morgan fingerprint density at radius 2 is 1.72 bits per heavy atom. The van der Waals surface area contributed by atoms with Crippen LogP contribution < -0.4 is 14.8 Å². The number of benzene rings is 1. The Kier molecular flexibility index (Phi) is 11.6. The third-order valence-corrected chi connectivity index (χ3v) is 8.76. The van der Waals surface area contributed by atoms with Crippen LogP contribution in [0.1, 0.15) is 29.3 Å². The molecule has 0 radical (unpaired) electrons. The Hall–Kier alpha value is -4.54. The number of H-pyrrole nitrogens is 1. The molecule has 4 aromatic rings. The number of amides is 1. The Labute approximate surface area is 283 Å². The number of fused-ring (bicyclic) bond motifs is 1. The van der Waals surface area contributed by atoms with Gasteiger partial charge >= 0.3 is 18.3 Å². The van der Waals surface area contributed by atoms with E-state index >= 15 is 0 Å².